The highest BCUT2D eigenvalue weighted by Gasteiger charge is 2.22. The molecule has 23 heavy (non-hydrogen) atoms. The highest BCUT2D eigenvalue weighted by Crippen LogP contribution is 2.20. The quantitative estimate of drug-likeness (QED) is 0.913. The Labute approximate surface area is 142 Å². The smallest absolute Gasteiger partial charge is 0.128 e. The van der Waals surface area contributed by atoms with Crippen molar-refractivity contribution < 1.29 is 0 Å². The maximum atomic E-state index is 6.14. The van der Waals surface area contributed by atoms with E-state index in [4.69, 9.17) is 11.6 Å². The predicted molar refractivity (Wildman–Crippen MR) is 92.2 cm³/mol. The molecule has 0 saturated carbocycles. The van der Waals surface area contributed by atoms with Crippen molar-refractivity contribution in [1.29, 1.82) is 0 Å². The van der Waals surface area contributed by atoms with Gasteiger partial charge in [0.1, 0.15) is 11.0 Å². The van der Waals surface area contributed by atoms with Crippen molar-refractivity contribution in [2.75, 3.05) is 13.1 Å². The van der Waals surface area contributed by atoms with Gasteiger partial charge in [-0.2, -0.15) is 0 Å². The third-order valence-electron chi connectivity index (χ3n) is 4.53. The molecule has 0 spiro atoms. The van der Waals surface area contributed by atoms with Crippen molar-refractivity contribution in [3.8, 4) is 0 Å². The van der Waals surface area contributed by atoms with E-state index >= 15 is 0 Å². The second-order valence-electron chi connectivity index (χ2n) is 6.12. The first-order valence-electron chi connectivity index (χ1n) is 8.25. The first-order chi connectivity index (χ1) is 11.2. The van der Waals surface area contributed by atoms with Crippen LogP contribution >= 0.6 is 11.6 Å². The zero-order valence-corrected chi connectivity index (χ0v) is 14.3. The van der Waals surface area contributed by atoms with Crippen LogP contribution in [0.3, 0.4) is 0 Å². The van der Waals surface area contributed by atoms with Crippen LogP contribution in [0, 0.1) is 0 Å². The first kappa shape index (κ1) is 16.4. The Balaban J connectivity index is 1.78. The van der Waals surface area contributed by atoms with Crippen molar-refractivity contribution in [3.63, 3.8) is 0 Å². The highest BCUT2D eigenvalue weighted by atomic mass is 35.5. The number of nitrogens with one attached hydrogen (secondary N) is 1. The van der Waals surface area contributed by atoms with Crippen LogP contribution in [0.2, 0.25) is 5.15 Å². The summed E-state index contributed by atoms with van der Waals surface area (Å²) in [5.74, 6) is 1.00. The summed E-state index contributed by atoms with van der Waals surface area (Å²) < 4.78 is 1.96. The Morgan fingerprint density at radius 3 is 2.91 bits per heavy atom. The van der Waals surface area contributed by atoms with Crippen LogP contribution in [0.4, 0.5) is 0 Å². The molecule has 2 aromatic heterocycles. The third-order valence-corrected chi connectivity index (χ3v) is 4.88. The van der Waals surface area contributed by atoms with Gasteiger partial charge in [0, 0.05) is 25.8 Å². The topological polar surface area (TPSA) is 46.0 Å². The molecule has 0 amide bonds. The fourth-order valence-corrected chi connectivity index (χ4v) is 3.28. The average Bonchev–Trinajstić information content (AvgIpc) is 2.79. The molecule has 1 unspecified atom stereocenters. The number of nitrogens with zero attached hydrogens (tertiary/aromatic N) is 4. The minimum absolute atomic E-state index is 0.544. The summed E-state index contributed by atoms with van der Waals surface area (Å²) in [4.78, 5) is 11.5. The molecule has 1 fully saturated rings. The monoisotopic (exact) mass is 333 g/mol. The highest BCUT2D eigenvalue weighted by molar-refractivity contribution is 6.29. The van der Waals surface area contributed by atoms with E-state index in [0.29, 0.717) is 11.2 Å². The summed E-state index contributed by atoms with van der Waals surface area (Å²) in [5, 5.41) is 4.17. The zero-order chi connectivity index (χ0) is 16.1. The minimum atomic E-state index is 0.544. The molecule has 1 aliphatic heterocycles. The number of rotatable bonds is 5. The molecule has 2 aromatic rings. The zero-order valence-electron chi connectivity index (χ0n) is 13.6. The van der Waals surface area contributed by atoms with Gasteiger partial charge in [-0.15, -0.1) is 0 Å². The molecule has 6 heteroatoms. The third kappa shape index (κ3) is 4.31. The fourth-order valence-electron chi connectivity index (χ4n) is 3.13. The van der Waals surface area contributed by atoms with E-state index < -0.39 is 0 Å². The normalized spacial score (nSPS) is 19.0. The number of hydrogen-bond acceptors (Lipinski definition) is 4. The van der Waals surface area contributed by atoms with Crippen LogP contribution in [-0.2, 0) is 20.1 Å². The first-order valence-corrected chi connectivity index (χ1v) is 8.62. The summed E-state index contributed by atoms with van der Waals surface area (Å²) in [6.45, 7) is 3.83. The second-order valence-corrected chi connectivity index (χ2v) is 6.50. The summed E-state index contributed by atoms with van der Waals surface area (Å²) >= 11 is 6.14. The fraction of sp³-hybridized carbons (Fsp3) is 0.529. The van der Waals surface area contributed by atoms with Gasteiger partial charge in [0.25, 0.3) is 0 Å². The second kappa shape index (κ2) is 7.90. The Morgan fingerprint density at radius 1 is 1.26 bits per heavy atom. The summed E-state index contributed by atoms with van der Waals surface area (Å²) in [6, 6.07) is 6.64. The van der Waals surface area contributed by atoms with Crippen LogP contribution < -0.4 is 5.32 Å². The van der Waals surface area contributed by atoms with E-state index in [9.17, 15) is 0 Å². The predicted octanol–water partition coefficient (Wildman–Crippen LogP) is 2.61. The molecule has 1 N–H and O–H groups in total. The lowest BCUT2D eigenvalue weighted by molar-refractivity contribution is 0.156. The van der Waals surface area contributed by atoms with Gasteiger partial charge in [-0.05, 0) is 44.5 Å². The van der Waals surface area contributed by atoms with Crippen molar-refractivity contribution >= 4 is 11.6 Å². The van der Waals surface area contributed by atoms with Crippen LogP contribution in [0.5, 0.6) is 0 Å². The van der Waals surface area contributed by atoms with Gasteiger partial charge in [0.05, 0.1) is 18.4 Å². The summed E-state index contributed by atoms with van der Waals surface area (Å²) in [5.41, 5.74) is 1.10. The van der Waals surface area contributed by atoms with Crippen molar-refractivity contribution in [1.82, 2.24) is 24.8 Å². The van der Waals surface area contributed by atoms with E-state index in [1.165, 1.54) is 12.8 Å². The van der Waals surface area contributed by atoms with Crippen molar-refractivity contribution in [2.24, 2.45) is 7.05 Å². The molecule has 0 aliphatic carbocycles. The molecule has 1 saturated heterocycles. The standard InChI is InChI=1S/C17H24ClN5/c1-22-16(18)11-21-17(22)13-23(12-14-5-2-3-9-20-14)15-6-4-8-19-10-7-15/h2-3,5,9,11,15,19H,4,6-8,10,12-13H2,1H3. The maximum Gasteiger partial charge on any atom is 0.128 e. The molecule has 3 heterocycles. The van der Waals surface area contributed by atoms with Crippen LogP contribution in [0.1, 0.15) is 30.8 Å². The van der Waals surface area contributed by atoms with Crippen LogP contribution in [-0.4, -0.2) is 38.6 Å². The molecule has 0 bridgehead atoms. The number of halogens is 1. The lowest BCUT2D eigenvalue weighted by Crippen LogP contribution is -2.36. The van der Waals surface area contributed by atoms with Crippen LogP contribution in [0.15, 0.2) is 30.6 Å². The van der Waals surface area contributed by atoms with Gasteiger partial charge in [-0.3, -0.25) is 9.88 Å². The van der Waals surface area contributed by atoms with E-state index in [-0.39, 0.29) is 0 Å². The molecule has 1 atom stereocenters. The Kier molecular flexibility index (Phi) is 5.65. The molecular weight excluding hydrogens is 310 g/mol. The average molecular weight is 334 g/mol. The van der Waals surface area contributed by atoms with Gasteiger partial charge < -0.3 is 9.88 Å². The molecule has 124 valence electrons. The number of imidazole rings is 1. The lowest BCUT2D eigenvalue weighted by Gasteiger charge is -2.30. The van der Waals surface area contributed by atoms with E-state index in [1.54, 1.807) is 6.20 Å². The van der Waals surface area contributed by atoms with Gasteiger partial charge in [-0.25, -0.2) is 4.98 Å². The molecular formula is C17H24ClN5. The van der Waals surface area contributed by atoms with E-state index in [2.05, 4.69) is 26.3 Å². The molecule has 3 rings (SSSR count). The van der Waals surface area contributed by atoms with Crippen molar-refractivity contribution in [3.05, 3.63) is 47.3 Å². The van der Waals surface area contributed by atoms with Gasteiger partial charge >= 0.3 is 0 Å². The number of aromatic nitrogens is 3. The molecule has 0 aromatic carbocycles. The van der Waals surface area contributed by atoms with Crippen molar-refractivity contribution in [2.45, 2.75) is 38.4 Å². The summed E-state index contributed by atoms with van der Waals surface area (Å²) in [7, 11) is 1.97. The minimum Gasteiger partial charge on any atom is -0.321 e. The molecule has 5 nitrogen and oxygen atoms in total. The molecule has 0 radical (unpaired) electrons. The van der Waals surface area contributed by atoms with Gasteiger partial charge in [-0.1, -0.05) is 17.7 Å². The van der Waals surface area contributed by atoms with Gasteiger partial charge in [0.15, 0.2) is 0 Å². The number of pyridine rings is 1. The van der Waals surface area contributed by atoms with E-state index in [1.807, 2.05) is 29.9 Å². The Bertz CT molecular complexity index is 605. The van der Waals surface area contributed by atoms with E-state index in [0.717, 1.165) is 44.1 Å². The Morgan fingerprint density at radius 2 is 2.17 bits per heavy atom. The SMILES string of the molecule is Cn1c(Cl)cnc1CN(Cc1ccccn1)C1CCCNCC1. The number of hydrogen-bond donors (Lipinski definition) is 1. The maximum absolute atomic E-state index is 6.14. The lowest BCUT2D eigenvalue weighted by atomic mass is 10.1. The van der Waals surface area contributed by atoms with Crippen LogP contribution in [0.25, 0.3) is 0 Å². The van der Waals surface area contributed by atoms with Gasteiger partial charge in [0.2, 0.25) is 0 Å². The largest absolute Gasteiger partial charge is 0.321 e. The Hall–Kier alpha value is -1.43. The molecule has 1 aliphatic rings. The summed E-state index contributed by atoms with van der Waals surface area (Å²) in [6.07, 6.45) is 7.16.